The molecule has 0 atom stereocenters. The summed E-state index contributed by atoms with van der Waals surface area (Å²) in [5.41, 5.74) is 10.8. The number of rotatable bonds is 4. The van der Waals surface area contributed by atoms with E-state index in [0.717, 1.165) is 17.4 Å². The van der Waals surface area contributed by atoms with Crippen LogP contribution in [0.15, 0.2) is 29.4 Å². The van der Waals surface area contributed by atoms with Gasteiger partial charge in [0, 0.05) is 17.0 Å². The van der Waals surface area contributed by atoms with Crippen LogP contribution in [0.4, 0.5) is 0 Å². The maximum absolute atomic E-state index is 10.6. The molecule has 1 aromatic rings. The maximum atomic E-state index is 10.6. The number of aryl methyl sites for hydroxylation is 1. The number of benzene rings is 1. The second-order valence-electron chi connectivity index (χ2n) is 3.05. The van der Waals surface area contributed by atoms with Gasteiger partial charge in [-0.25, -0.2) is 0 Å². The summed E-state index contributed by atoms with van der Waals surface area (Å²) in [4.78, 5) is 13.2. The fraction of sp³-hybridized carbons (Fsp3) is 0.182. The van der Waals surface area contributed by atoms with E-state index < -0.39 is 0 Å². The molecule has 0 heterocycles. The van der Waals surface area contributed by atoms with Crippen molar-refractivity contribution in [2.24, 2.45) is 5.11 Å². The molecule has 4 nitrogen and oxygen atoms in total. The first-order valence-corrected chi connectivity index (χ1v) is 4.51. The Balaban J connectivity index is 2.87. The van der Waals surface area contributed by atoms with E-state index in [1.807, 2.05) is 19.1 Å². The lowest BCUT2D eigenvalue weighted by atomic mass is 10.1. The lowest BCUT2D eigenvalue weighted by Gasteiger charge is -2.00. The zero-order chi connectivity index (χ0) is 11.1. The molecule has 0 aliphatic heterocycles. The molecule has 0 saturated heterocycles. The Morgan fingerprint density at radius 1 is 1.53 bits per heavy atom. The van der Waals surface area contributed by atoms with Crippen molar-refractivity contribution in [3.8, 4) is 0 Å². The molecule has 0 saturated carbocycles. The summed E-state index contributed by atoms with van der Waals surface area (Å²) in [6, 6.07) is 5.46. The van der Waals surface area contributed by atoms with Gasteiger partial charge in [0.1, 0.15) is 6.29 Å². The number of carbonyl (C=O) groups excluding carboxylic acids is 1. The number of carbonyl (C=O) groups is 1. The van der Waals surface area contributed by atoms with E-state index in [1.165, 1.54) is 0 Å². The van der Waals surface area contributed by atoms with Gasteiger partial charge >= 0.3 is 0 Å². The summed E-state index contributed by atoms with van der Waals surface area (Å²) < 4.78 is 0. The van der Waals surface area contributed by atoms with Crippen molar-refractivity contribution >= 4 is 12.4 Å². The second kappa shape index (κ2) is 5.62. The maximum Gasteiger partial charge on any atom is 0.150 e. The minimum atomic E-state index is 0.321. The van der Waals surface area contributed by atoms with E-state index in [9.17, 15) is 4.79 Å². The van der Waals surface area contributed by atoms with Crippen LogP contribution in [0.1, 0.15) is 21.5 Å². The van der Waals surface area contributed by atoms with Crippen molar-refractivity contribution in [2.45, 2.75) is 6.92 Å². The lowest BCUT2D eigenvalue weighted by Crippen LogP contribution is -1.85. The fourth-order valence-electron chi connectivity index (χ4n) is 1.18. The van der Waals surface area contributed by atoms with Crippen molar-refractivity contribution in [1.29, 1.82) is 0 Å². The van der Waals surface area contributed by atoms with Crippen LogP contribution >= 0.6 is 0 Å². The number of azide groups is 1. The fourth-order valence-corrected chi connectivity index (χ4v) is 1.18. The molecule has 1 rings (SSSR count). The third-order valence-corrected chi connectivity index (χ3v) is 1.99. The Kier molecular flexibility index (Phi) is 4.13. The standard InChI is InChI=1S/C11H11N3O/c1-9-4-5-10(8-15)7-11(9)3-2-6-13-14-12/h2-5,7-8H,6H2,1H3. The monoisotopic (exact) mass is 201 g/mol. The predicted molar refractivity (Wildman–Crippen MR) is 59.6 cm³/mol. The summed E-state index contributed by atoms with van der Waals surface area (Å²) >= 11 is 0. The molecule has 4 heteroatoms. The second-order valence-corrected chi connectivity index (χ2v) is 3.05. The van der Waals surface area contributed by atoms with E-state index in [0.29, 0.717) is 12.1 Å². The SMILES string of the molecule is Cc1ccc(C=O)cc1C=CCN=[N+]=[N-]. The van der Waals surface area contributed by atoms with Crippen LogP contribution in [-0.2, 0) is 0 Å². The van der Waals surface area contributed by atoms with E-state index in [4.69, 9.17) is 5.53 Å². The zero-order valence-electron chi connectivity index (χ0n) is 8.42. The first-order valence-electron chi connectivity index (χ1n) is 4.51. The molecule has 0 radical (unpaired) electrons. The summed E-state index contributed by atoms with van der Waals surface area (Å²) in [6.45, 7) is 2.28. The molecule has 0 aromatic heterocycles. The third-order valence-electron chi connectivity index (χ3n) is 1.99. The van der Waals surface area contributed by atoms with Gasteiger partial charge in [-0.05, 0) is 29.6 Å². The van der Waals surface area contributed by atoms with Gasteiger partial charge in [0.25, 0.3) is 0 Å². The van der Waals surface area contributed by atoms with E-state index in [2.05, 4.69) is 10.0 Å². The van der Waals surface area contributed by atoms with Crippen LogP contribution in [0.5, 0.6) is 0 Å². The zero-order valence-corrected chi connectivity index (χ0v) is 8.42. The molecule has 0 fully saturated rings. The Morgan fingerprint density at radius 2 is 2.33 bits per heavy atom. The lowest BCUT2D eigenvalue weighted by molar-refractivity contribution is 0.112. The third kappa shape index (κ3) is 3.29. The highest BCUT2D eigenvalue weighted by Gasteiger charge is 1.95. The Bertz CT molecular complexity index is 431. The van der Waals surface area contributed by atoms with Crippen LogP contribution in [-0.4, -0.2) is 12.8 Å². The minimum Gasteiger partial charge on any atom is -0.298 e. The van der Waals surface area contributed by atoms with Gasteiger partial charge in [0.2, 0.25) is 0 Å². The number of aldehydes is 1. The topological polar surface area (TPSA) is 65.8 Å². The molecule has 0 amide bonds. The van der Waals surface area contributed by atoms with E-state index >= 15 is 0 Å². The first-order chi connectivity index (χ1) is 7.27. The molecule has 1 aromatic carbocycles. The minimum absolute atomic E-state index is 0.321. The molecule has 0 spiro atoms. The van der Waals surface area contributed by atoms with Crippen LogP contribution in [0.25, 0.3) is 16.5 Å². The summed E-state index contributed by atoms with van der Waals surface area (Å²) in [7, 11) is 0. The average molecular weight is 201 g/mol. The van der Waals surface area contributed by atoms with Gasteiger partial charge in [0.15, 0.2) is 0 Å². The molecule has 0 bridgehead atoms. The molecule has 0 unspecified atom stereocenters. The van der Waals surface area contributed by atoms with Crippen LogP contribution < -0.4 is 0 Å². The quantitative estimate of drug-likeness (QED) is 0.319. The van der Waals surface area contributed by atoms with Gasteiger partial charge in [-0.3, -0.25) is 4.79 Å². The van der Waals surface area contributed by atoms with Gasteiger partial charge in [-0.1, -0.05) is 29.4 Å². The van der Waals surface area contributed by atoms with Crippen LogP contribution in [0.2, 0.25) is 0 Å². The van der Waals surface area contributed by atoms with Crippen LogP contribution in [0.3, 0.4) is 0 Å². The normalized spacial score (nSPS) is 9.93. The summed E-state index contributed by atoms with van der Waals surface area (Å²) in [6.07, 6.45) is 4.41. The highest BCUT2D eigenvalue weighted by Crippen LogP contribution is 2.11. The van der Waals surface area contributed by atoms with E-state index in [-0.39, 0.29) is 0 Å². The Hall–Kier alpha value is -2.06. The predicted octanol–water partition coefficient (Wildman–Crippen LogP) is 3.13. The average Bonchev–Trinajstić information content (AvgIpc) is 2.26. The largest absolute Gasteiger partial charge is 0.298 e. The summed E-state index contributed by atoms with van der Waals surface area (Å²) in [5.74, 6) is 0. The molecule has 76 valence electrons. The highest BCUT2D eigenvalue weighted by molar-refractivity contribution is 5.76. The van der Waals surface area contributed by atoms with Gasteiger partial charge in [0.05, 0.1) is 0 Å². The highest BCUT2D eigenvalue weighted by atomic mass is 16.1. The molecular weight excluding hydrogens is 190 g/mol. The Morgan fingerprint density at radius 3 is 3.00 bits per heavy atom. The van der Waals surface area contributed by atoms with Gasteiger partial charge in [-0.15, -0.1) is 0 Å². The van der Waals surface area contributed by atoms with Crippen molar-refractivity contribution in [3.05, 3.63) is 51.4 Å². The number of hydrogen-bond acceptors (Lipinski definition) is 2. The van der Waals surface area contributed by atoms with Crippen molar-refractivity contribution in [2.75, 3.05) is 6.54 Å². The molecule has 0 aliphatic rings. The first kappa shape index (κ1) is 11.0. The molecular formula is C11H11N3O. The molecule has 0 aliphatic carbocycles. The van der Waals surface area contributed by atoms with Crippen LogP contribution in [0, 0.1) is 6.92 Å². The van der Waals surface area contributed by atoms with E-state index in [1.54, 1.807) is 18.2 Å². The smallest absolute Gasteiger partial charge is 0.150 e. The van der Waals surface area contributed by atoms with Crippen molar-refractivity contribution < 1.29 is 4.79 Å². The molecule has 0 N–H and O–H groups in total. The summed E-state index contributed by atoms with van der Waals surface area (Å²) in [5, 5.41) is 3.38. The van der Waals surface area contributed by atoms with Crippen molar-refractivity contribution in [1.82, 2.24) is 0 Å². The number of nitrogens with zero attached hydrogens (tertiary/aromatic N) is 3. The Labute approximate surface area is 87.9 Å². The van der Waals surface area contributed by atoms with Gasteiger partial charge < -0.3 is 0 Å². The number of hydrogen-bond donors (Lipinski definition) is 0. The molecule has 15 heavy (non-hydrogen) atoms. The van der Waals surface area contributed by atoms with Gasteiger partial charge in [-0.2, -0.15) is 0 Å². The van der Waals surface area contributed by atoms with Crippen molar-refractivity contribution in [3.63, 3.8) is 0 Å².